The zero-order chi connectivity index (χ0) is 53.6. The van der Waals surface area contributed by atoms with E-state index in [1.165, 1.54) is 30.2 Å². The predicted octanol–water partition coefficient (Wildman–Crippen LogP) is 5.92. The van der Waals surface area contributed by atoms with Crippen LogP contribution >= 0.6 is 19.4 Å². The summed E-state index contributed by atoms with van der Waals surface area (Å²) in [6, 6.07) is 16.3. The highest BCUT2D eigenvalue weighted by molar-refractivity contribution is 7.46. The fourth-order valence-electron chi connectivity index (χ4n) is 10.4. The van der Waals surface area contributed by atoms with Crippen molar-refractivity contribution in [2.24, 2.45) is 16.9 Å². The van der Waals surface area contributed by atoms with Crippen LogP contribution in [0.4, 0.5) is 21.9 Å². The fraction of sp³-hybridized carbons (Fsp3) is 0.462. The molecule has 6 amide bonds. The third kappa shape index (κ3) is 11.8. The van der Waals surface area contributed by atoms with Crippen LogP contribution in [0.3, 0.4) is 0 Å². The number of fused-ring (bicyclic) bond motifs is 5. The Hall–Kier alpha value is -6.48. The molecule has 3 aliphatic heterocycles. The van der Waals surface area contributed by atoms with Gasteiger partial charge < -0.3 is 55.7 Å². The zero-order valence-electron chi connectivity index (χ0n) is 41.5. The first kappa shape index (κ1) is 54.8. The Morgan fingerprint density at radius 2 is 1.65 bits per heavy atom. The molecule has 0 spiro atoms. The molecule has 1 unspecified atom stereocenters. The first-order valence-corrected chi connectivity index (χ1v) is 27.2. The molecule has 4 aromatic rings. The number of hydrogen-bond acceptors (Lipinski definition) is 13. The molecule has 0 aromatic heterocycles. The smallest absolute Gasteiger partial charge is 0.493 e. The second-order valence-corrected chi connectivity index (χ2v) is 20.8. The van der Waals surface area contributed by atoms with Gasteiger partial charge in [-0.3, -0.25) is 33.8 Å². The van der Waals surface area contributed by atoms with Crippen molar-refractivity contribution >= 4 is 82.9 Å². The van der Waals surface area contributed by atoms with Crippen molar-refractivity contribution < 1.29 is 67.0 Å². The first-order valence-electron chi connectivity index (χ1n) is 25.2. The summed E-state index contributed by atoms with van der Waals surface area (Å²) in [5.74, 6) is -2.00. The minimum absolute atomic E-state index is 0.0422. The summed E-state index contributed by atoms with van der Waals surface area (Å²) in [5.41, 5.74) is 12.3. The Bertz CT molecular complexity index is 2860. The van der Waals surface area contributed by atoms with Gasteiger partial charge in [-0.2, -0.15) is 0 Å². The van der Waals surface area contributed by atoms with E-state index in [-0.39, 0.29) is 72.3 Å². The Labute approximate surface area is 438 Å². The van der Waals surface area contributed by atoms with Gasteiger partial charge in [0.05, 0.1) is 36.7 Å². The van der Waals surface area contributed by atoms with Crippen molar-refractivity contribution in [3.05, 3.63) is 83.4 Å². The van der Waals surface area contributed by atoms with Crippen LogP contribution in [0.15, 0.2) is 66.7 Å². The molecule has 1 saturated heterocycles. The maximum Gasteiger partial charge on any atom is 0.524 e. The third-order valence-corrected chi connectivity index (χ3v) is 15.3. The van der Waals surface area contributed by atoms with Crippen LogP contribution in [0, 0.1) is 5.41 Å². The Morgan fingerprint density at radius 1 is 0.920 bits per heavy atom. The van der Waals surface area contributed by atoms with E-state index in [4.69, 9.17) is 41.8 Å². The van der Waals surface area contributed by atoms with E-state index in [0.29, 0.717) is 112 Å². The average molecular weight is 1080 g/mol. The van der Waals surface area contributed by atoms with Crippen LogP contribution in [0.5, 0.6) is 17.2 Å². The molecule has 1 aliphatic carbocycles. The van der Waals surface area contributed by atoms with Crippen LogP contribution in [0.2, 0.25) is 0 Å². The minimum Gasteiger partial charge on any atom is -0.493 e. The van der Waals surface area contributed by atoms with Gasteiger partial charge in [0, 0.05) is 54.5 Å². The summed E-state index contributed by atoms with van der Waals surface area (Å²) < 4.78 is 34.6. The summed E-state index contributed by atoms with van der Waals surface area (Å²) in [5, 5.41) is 18.5. The van der Waals surface area contributed by atoms with Gasteiger partial charge in [-0.25, -0.2) is 14.3 Å². The van der Waals surface area contributed by atoms with Crippen LogP contribution in [-0.2, 0) is 35.1 Å². The highest BCUT2D eigenvalue weighted by atomic mass is 35.5. The topological polar surface area (TPSA) is 303 Å². The van der Waals surface area contributed by atoms with Crippen LogP contribution < -0.4 is 45.9 Å². The number of phosphoric ester groups is 1. The molecule has 0 radical (unpaired) electrons. The molecule has 21 nitrogen and oxygen atoms in total. The molecule has 9 N–H and O–H groups in total. The largest absolute Gasteiger partial charge is 0.524 e. The average Bonchev–Trinajstić information content (AvgIpc) is 4.02. The molecule has 2 fully saturated rings. The SMILES string of the molecule is COc1cc2c(cc1OCCCCCC(=O)N1C[C@@H](CCl)c3c1cc(OP(=O)(O)O)c1ccccc31)N(C(=O)OCc1ccc(NC(=O)[C@H](CCCCN)NC(=O)C3(C(N)=O)CCC3)cc1)C(O)[C@@H]1CCCN1C2=O. The number of carbonyl (C=O) groups excluding carboxylic acids is 6. The highest BCUT2D eigenvalue weighted by Gasteiger charge is 2.50. The van der Waals surface area contributed by atoms with Crippen molar-refractivity contribution in [3.8, 4) is 17.2 Å². The van der Waals surface area contributed by atoms with Gasteiger partial charge in [0.25, 0.3) is 5.91 Å². The molecule has 1 saturated carbocycles. The summed E-state index contributed by atoms with van der Waals surface area (Å²) in [6.07, 6.45) is 3.11. The lowest BCUT2D eigenvalue weighted by Crippen LogP contribution is -2.57. The fourth-order valence-corrected chi connectivity index (χ4v) is 11.0. The van der Waals surface area contributed by atoms with Gasteiger partial charge in [-0.1, -0.05) is 42.8 Å². The van der Waals surface area contributed by atoms with Crippen molar-refractivity contribution in [3.63, 3.8) is 0 Å². The Balaban J connectivity index is 0.901. The number of carbonyl (C=O) groups is 6. The number of hydrogen-bond donors (Lipinski definition) is 7. The van der Waals surface area contributed by atoms with Gasteiger partial charge >= 0.3 is 13.9 Å². The van der Waals surface area contributed by atoms with E-state index >= 15 is 0 Å². The number of nitrogens with two attached hydrogens (primary N) is 2. The number of amides is 6. The summed E-state index contributed by atoms with van der Waals surface area (Å²) in [4.78, 5) is 104. The van der Waals surface area contributed by atoms with Gasteiger partial charge in [0.15, 0.2) is 17.7 Å². The van der Waals surface area contributed by atoms with Gasteiger partial charge in [-0.05, 0) is 105 Å². The number of aliphatic hydroxyl groups is 1. The number of benzene rings is 4. The van der Waals surface area contributed by atoms with Gasteiger partial charge in [0.1, 0.15) is 23.8 Å². The Morgan fingerprint density at radius 3 is 2.32 bits per heavy atom. The normalized spacial score (nSPS) is 19.0. The van der Waals surface area contributed by atoms with E-state index in [2.05, 4.69) is 10.6 Å². The number of nitrogens with zero attached hydrogens (tertiary/aromatic N) is 3. The maximum absolute atomic E-state index is 14.1. The monoisotopic (exact) mass is 1080 g/mol. The van der Waals surface area contributed by atoms with Crippen molar-refractivity contribution in [2.75, 3.05) is 54.3 Å². The van der Waals surface area contributed by atoms with Crippen molar-refractivity contribution in [1.82, 2.24) is 10.2 Å². The number of rotatable bonds is 22. The summed E-state index contributed by atoms with van der Waals surface area (Å²) in [6.45, 7) is 0.973. The molecule has 23 heteroatoms. The number of ether oxygens (including phenoxy) is 3. The van der Waals surface area contributed by atoms with E-state index < -0.39 is 61.3 Å². The molecular formula is C52H63ClN7O14P. The number of primary amides is 1. The number of methoxy groups -OCH3 is 1. The Kier molecular flexibility index (Phi) is 17.2. The molecule has 8 rings (SSSR count). The molecule has 3 heterocycles. The van der Waals surface area contributed by atoms with Crippen molar-refractivity contribution in [1.29, 1.82) is 0 Å². The number of halogens is 1. The number of unbranched alkanes of at least 4 members (excludes halogenated alkanes) is 3. The lowest BCUT2D eigenvalue weighted by atomic mass is 9.67. The number of nitrogens with one attached hydrogen (secondary N) is 2. The van der Waals surface area contributed by atoms with E-state index in [1.807, 2.05) is 6.07 Å². The third-order valence-electron chi connectivity index (χ3n) is 14.5. The van der Waals surface area contributed by atoms with Crippen molar-refractivity contribution in [2.45, 2.75) is 108 Å². The number of alkyl halides is 1. The standard InChI is InChI=1S/C52H63ClN7O14P/c1-71-42-25-36-39(26-43(42)72-24-8-2-3-15-44(61)59-29-32(28-53)45-35-12-5-4-11-34(35)41(27-40(45)59)74-75(68,69)70)60(48(64)38-14-9-23-58(38)47(36)63)51(67)73-30-31-16-18-33(19-17-31)56-46(62)37(13-6-7-22-54)57-50(66)52(49(55)65)20-10-21-52/h4-5,11-12,16-19,25-27,32,37-38,48,64H,2-3,6-10,13-15,20-24,28-30,54H2,1H3,(H2,55,65)(H,56,62)(H,57,66)(H2,68,69,70)/t32-,37+,38+,48?/m1/s1. The molecule has 4 atom stereocenters. The second-order valence-electron chi connectivity index (χ2n) is 19.3. The molecule has 75 heavy (non-hydrogen) atoms. The minimum atomic E-state index is -4.92. The lowest BCUT2D eigenvalue weighted by Gasteiger charge is -2.38. The number of anilines is 3. The molecule has 402 valence electrons. The number of phosphoric acid groups is 1. The quantitative estimate of drug-likeness (QED) is 0.0208. The molecule has 0 bridgehead atoms. The lowest BCUT2D eigenvalue weighted by molar-refractivity contribution is -0.149. The van der Waals surface area contributed by atoms with E-state index in [1.54, 1.807) is 47.4 Å². The number of aliphatic hydroxyl groups excluding tert-OH is 1. The molecule has 4 aliphatic rings. The second kappa shape index (κ2) is 23.6. The van der Waals surface area contributed by atoms with Gasteiger partial charge in [0.2, 0.25) is 23.6 Å². The summed E-state index contributed by atoms with van der Waals surface area (Å²) >= 11 is 6.39. The van der Waals surface area contributed by atoms with Crippen LogP contribution in [0.1, 0.15) is 104 Å². The van der Waals surface area contributed by atoms with Gasteiger partial charge in [-0.15, -0.1) is 11.6 Å². The highest BCUT2D eigenvalue weighted by Crippen LogP contribution is 2.49. The maximum atomic E-state index is 14.1. The predicted molar refractivity (Wildman–Crippen MR) is 278 cm³/mol. The van der Waals surface area contributed by atoms with E-state index in [0.717, 1.165) is 10.5 Å². The summed E-state index contributed by atoms with van der Waals surface area (Å²) in [7, 11) is -3.50. The molecule has 4 aromatic carbocycles. The first-order chi connectivity index (χ1) is 36.0. The van der Waals surface area contributed by atoms with E-state index in [9.17, 15) is 48.2 Å². The van der Waals surface area contributed by atoms with Crippen LogP contribution in [-0.4, -0.2) is 113 Å². The zero-order valence-corrected chi connectivity index (χ0v) is 43.2. The van der Waals surface area contributed by atoms with Crippen LogP contribution in [0.25, 0.3) is 10.8 Å². The molecular weight excluding hydrogens is 1010 g/mol.